The Kier molecular flexibility index (Phi) is 5.85. The lowest BCUT2D eigenvalue weighted by molar-refractivity contribution is -0.177. The molecule has 4 rings (SSSR count). The van der Waals surface area contributed by atoms with Crippen LogP contribution < -0.4 is 10.1 Å². The first-order chi connectivity index (χ1) is 14.4. The van der Waals surface area contributed by atoms with E-state index in [0.29, 0.717) is 6.01 Å². The summed E-state index contributed by atoms with van der Waals surface area (Å²) in [5, 5.41) is 20.5. The number of dihydropyridines is 1. The van der Waals surface area contributed by atoms with Gasteiger partial charge in [-0.05, 0) is 38.8 Å². The Bertz CT molecular complexity index is 870. The van der Waals surface area contributed by atoms with Gasteiger partial charge in [0.25, 0.3) is 0 Å². The van der Waals surface area contributed by atoms with Crippen LogP contribution in [0.5, 0.6) is 6.01 Å². The molecule has 1 fully saturated rings. The van der Waals surface area contributed by atoms with Crippen LogP contribution in [0.4, 0.5) is 0 Å². The van der Waals surface area contributed by atoms with Crippen molar-refractivity contribution in [2.24, 2.45) is 0 Å². The van der Waals surface area contributed by atoms with Crippen molar-refractivity contribution in [1.29, 1.82) is 0 Å². The summed E-state index contributed by atoms with van der Waals surface area (Å²) >= 11 is 0. The largest absolute Gasteiger partial charge is 0.460 e. The predicted molar refractivity (Wildman–Crippen MR) is 111 cm³/mol. The first-order valence-corrected chi connectivity index (χ1v) is 10.1. The quantitative estimate of drug-likeness (QED) is 0.630. The molecular formula is C21H28N6O3. The number of likely N-dealkylation sites (tertiary alicyclic amines) is 1. The molecule has 0 radical (unpaired) electrons. The van der Waals surface area contributed by atoms with E-state index in [1.807, 2.05) is 24.5 Å². The van der Waals surface area contributed by atoms with Crippen LogP contribution in [-0.2, 0) is 4.74 Å². The normalized spacial score (nSPS) is 23.1. The Labute approximate surface area is 175 Å². The van der Waals surface area contributed by atoms with E-state index >= 15 is 0 Å². The van der Waals surface area contributed by atoms with Crippen LogP contribution in [0.2, 0.25) is 0 Å². The number of nitrogens with one attached hydrogen (secondary N) is 2. The molecule has 2 aromatic rings. The molecule has 30 heavy (non-hydrogen) atoms. The number of rotatable bonds is 7. The lowest BCUT2D eigenvalue weighted by atomic mass is 10.0. The predicted octanol–water partition coefficient (Wildman–Crippen LogP) is 1.68. The van der Waals surface area contributed by atoms with Crippen LogP contribution in [0.15, 0.2) is 49.2 Å². The van der Waals surface area contributed by atoms with Crippen LogP contribution in [0.3, 0.4) is 0 Å². The zero-order valence-electron chi connectivity index (χ0n) is 17.3. The third-order valence-corrected chi connectivity index (χ3v) is 5.13. The lowest BCUT2D eigenvalue weighted by Crippen LogP contribution is -2.62. The fraction of sp³-hybridized carbons (Fsp3) is 0.476. The molecule has 9 heteroatoms. The summed E-state index contributed by atoms with van der Waals surface area (Å²) < 4.78 is 12.2. The van der Waals surface area contributed by atoms with Gasteiger partial charge in [-0.15, -0.1) is 0 Å². The fourth-order valence-electron chi connectivity index (χ4n) is 3.53. The Morgan fingerprint density at radius 2 is 2.03 bits per heavy atom. The third-order valence-electron chi connectivity index (χ3n) is 5.13. The number of ether oxygens (including phenoxy) is 2. The maximum absolute atomic E-state index is 10.2. The molecule has 1 saturated heterocycles. The number of aromatic nitrogens is 4. The van der Waals surface area contributed by atoms with Crippen molar-refractivity contribution in [1.82, 2.24) is 30.4 Å². The summed E-state index contributed by atoms with van der Waals surface area (Å²) in [5.74, 6) is -0.832. The molecule has 3 N–H and O–H groups in total. The highest BCUT2D eigenvalue weighted by atomic mass is 16.5. The van der Waals surface area contributed by atoms with E-state index in [9.17, 15) is 5.11 Å². The minimum atomic E-state index is -0.941. The van der Waals surface area contributed by atoms with Crippen molar-refractivity contribution >= 4 is 5.57 Å². The van der Waals surface area contributed by atoms with Gasteiger partial charge in [0, 0.05) is 49.0 Å². The summed E-state index contributed by atoms with van der Waals surface area (Å²) in [6.07, 6.45) is 14.6. The highest BCUT2D eigenvalue weighted by Gasteiger charge is 2.40. The van der Waals surface area contributed by atoms with Gasteiger partial charge in [-0.1, -0.05) is 6.08 Å². The fourth-order valence-corrected chi connectivity index (χ4v) is 3.53. The topological polar surface area (TPSA) is 108 Å². The lowest BCUT2D eigenvalue weighted by Gasteiger charge is -2.46. The second-order valence-corrected chi connectivity index (χ2v) is 8.20. The monoisotopic (exact) mass is 412 g/mol. The SMILES string of the molecule is CC(C)(O)COC1(N2CCC(Oc3ncccn3)CC2)C=CC(c2cn[nH]c2)=CN1. The van der Waals surface area contributed by atoms with E-state index in [4.69, 9.17) is 9.47 Å². The second-order valence-electron chi connectivity index (χ2n) is 8.20. The highest BCUT2D eigenvalue weighted by Crippen LogP contribution is 2.29. The molecule has 1 unspecified atom stereocenters. The minimum absolute atomic E-state index is 0.0552. The number of hydrogen-bond acceptors (Lipinski definition) is 8. The third kappa shape index (κ3) is 4.86. The van der Waals surface area contributed by atoms with Gasteiger partial charge >= 0.3 is 6.01 Å². The molecule has 2 aromatic heterocycles. The average molecular weight is 412 g/mol. The van der Waals surface area contributed by atoms with E-state index in [-0.39, 0.29) is 12.7 Å². The van der Waals surface area contributed by atoms with Gasteiger partial charge in [-0.25, -0.2) is 9.97 Å². The van der Waals surface area contributed by atoms with Crippen molar-refractivity contribution in [3.05, 3.63) is 54.8 Å². The molecular weight excluding hydrogens is 384 g/mol. The summed E-state index contributed by atoms with van der Waals surface area (Å²) in [6.45, 7) is 5.18. The molecule has 0 amide bonds. The number of allylic oxidation sites excluding steroid dienone is 2. The van der Waals surface area contributed by atoms with Crippen LogP contribution in [-0.4, -0.2) is 67.4 Å². The van der Waals surface area contributed by atoms with E-state index in [1.54, 1.807) is 38.5 Å². The van der Waals surface area contributed by atoms with Crippen molar-refractivity contribution in [2.75, 3.05) is 19.7 Å². The molecule has 0 spiro atoms. The van der Waals surface area contributed by atoms with Gasteiger partial charge in [0.15, 0.2) is 0 Å². The van der Waals surface area contributed by atoms with Gasteiger partial charge in [-0.3, -0.25) is 10.00 Å². The zero-order chi connectivity index (χ0) is 21.0. The molecule has 160 valence electrons. The van der Waals surface area contributed by atoms with Crippen molar-refractivity contribution in [3.63, 3.8) is 0 Å². The molecule has 1 atom stereocenters. The van der Waals surface area contributed by atoms with Crippen molar-refractivity contribution in [3.8, 4) is 6.01 Å². The Balaban J connectivity index is 1.44. The molecule has 4 heterocycles. The zero-order valence-corrected chi connectivity index (χ0v) is 17.3. The number of piperidine rings is 1. The van der Waals surface area contributed by atoms with E-state index in [1.165, 1.54) is 0 Å². The van der Waals surface area contributed by atoms with Gasteiger partial charge in [0.05, 0.1) is 18.4 Å². The van der Waals surface area contributed by atoms with E-state index in [0.717, 1.165) is 37.1 Å². The molecule has 2 aliphatic heterocycles. The van der Waals surface area contributed by atoms with E-state index in [2.05, 4.69) is 30.4 Å². The smallest absolute Gasteiger partial charge is 0.316 e. The van der Waals surface area contributed by atoms with Gasteiger partial charge < -0.3 is 19.9 Å². The van der Waals surface area contributed by atoms with Crippen LogP contribution in [0.1, 0.15) is 32.3 Å². The minimum Gasteiger partial charge on any atom is -0.460 e. The summed E-state index contributed by atoms with van der Waals surface area (Å²) in [7, 11) is 0. The first-order valence-electron chi connectivity index (χ1n) is 10.1. The van der Waals surface area contributed by atoms with Gasteiger partial charge in [0.2, 0.25) is 5.85 Å². The first kappa shape index (κ1) is 20.5. The summed E-state index contributed by atoms with van der Waals surface area (Å²) in [4.78, 5) is 10.5. The molecule has 0 aliphatic carbocycles. The number of H-pyrrole nitrogens is 1. The van der Waals surface area contributed by atoms with Gasteiger partial charge in [-0.2, -0.15) is 5.10 Å². The Morgan fingerprint density at radius 1 is 1.27 bits per heavy atom. The van der Waals surface area contributed by atoms with Crippen molar-refractivity contribution in [2.45, 2.75) is 44.2 Å². The average Bonchev–Trinajstić information content (AvgIpc) is 3.28. The standard InChI is InChI=1S/C21H28N6O3/c1-20(2,28)15-29-21(7-4-16(12-24-21)17-13-25-26-14-17)27-10-5-18(6-11-27)30-19-22-8-3-9-23-19/h3-4,7-9,12-14,18,24,28H,5-6,10-11,15H2,1-2H3,(H,25,26). The maximum atomic E-state index is 10.2. The highest BCUT2D eigenvalue weighted by molar-refractivity contribution is 5.74. The second kappa shape index (κ2) is 8.55. The Morgan fingerprint density at radius 3 is 2.63 bits per heavy atom. The molecule has 2 aliphatic rings. The molecule has 0 bridgehead atoms. The van der Waals surface area contributed by atoms with Crippen molar-refractivity contribution < 1.29 is 14.6 Å². The molecule has 0 aromatic carbocycles. The molecule has 9 nitrogen and oxygen atoms in total. The maximum Gasteiger partial charge on any atom is 0.316 e. The van der Waals surface area contributed by atoms with E-state index < -0.39 is 11.4 Å². The number of aromatic amines is 1. The Hall–Kier alpha value is -2.75. The number of hydrogen-bond donors (Lipinski definition) is 3. The number of nitrogens with zero attached hydrogens (tertiary/aromatic N) is 4. The summed E-state index contributed by atoms with van der Waals surface area (Å²) in [6, 6.07) is 2.18. The summed E-state index contributed by atoms with van der Waals surface area (Å²) in [5.41, 5.74) is 1.05. The van der Waals surface area contributed by atoms with Crippen LogP contribution >= 0.6 is 0 Å². The van der Waals surface area contributed by atoms with Crippen LogP contribution in [0.25, 0.3) is 5.57 Å². The van der Waals surface area contributed by atoms with Gasteiger partial charge in [0.1, 0.15) is 6.10 Å². The molecule has 0 saturated carbocycles. The van der Waals surface area contributed by atoms with Crippen LogP contribution in [0, 0.1) is 0 Å². The number of aliphatic hydroxyl groups is 1.